The molecule has 0 aromatic carbocycles. The molecule has 1 aliphatic heterocycles. The van der Waals surface area contributed by atoms with Crippen LogP contribution in [0.15, 0.2) is 0 Å². The zero-order valence-electron chi connectivity index (χ0n) is 11.4. The first-order valence-corrected chi connectivity index (χ1v) is 7.40. The third-order valence-electron chi connectivity index (χ3n) is 4.36. The van der Waals surface area contributed by atoms with Crippen LogP contribution in [-0.2, 0) is 9.59 Å². The van der Waals surface area contributed by atoms with Crippen molar-refractivity contribution < 1.29 is 14.7 Å². The lowest BCUT2D eigenvalue weighted by Crippen LogP contribution is -2.56. The second-order valence-corrected chi connectivity index (χ2v) is 5.73. The molecule has 0 radical (unpaired) electrons. The number of carboxylic acid groups (broad SMARTS) is 1. The Morgan fingerprint density at radius 1 is 1.32 bits per heavy atom. The van der Waals surface area contributed by atoms with Crippen molar-refractivity contribution in [3.05, 3.63) is 0 Å². The van der Waals surface area contributed by atoms with Gasteiger partial charge in [-0.25, -0.2) is 0 Å². The quantitative estimate of drug-likeness (QED) is 0.787. The monoisotopic (exact) mass is 268 g/mol. The molecule has 19 heavy (non-hydrogen) atoms. The van der Waals surface area contributed by atoms with Crippen LogP contribution in [0.4, 0.5) is 0 Å². The lowest BCUT2D eigenvalue weighted by molar-refractivity contribution is -0.143. The van der Waals surface area contributed by atoms with E-state index in [0.717, 1.165) is 25.4 Å². The Kier molecular flexibility index (Phi) is 5.19. The van der Waals surface area contributed by atoms with Gasteiger partial charge in [0, 0.05) is 13.1 Å². The highest BCUT2D eigenvalue weighted by Crippen LogP contribution is 2.26. The third kappa shape index (κ3) is 4.20. The van der Waals surface area contributed by atoms with Crippen LogP contribution in [0.2, 0.25) is 0 Å². The van der Waals surface area contributed by atoms with E-state index in [1.165, 1.54) is 32.1 Å². The number of nitrogens with zero attached hydrogens (tertiary/aromatic N) is 1. The van der Waals surface area contributed by atoms with Crippen molar-refractivity contribution in [3.63, 3.8) is 0 Å². The van der Waals surface area contributed by atoms with Crippen molar-refractivity contribution in [1.29, 1.82) is 0 Å². The molecule has 0 aromatic rings. The van der Waals surface area contributed by atoms with Crippen molar-refractivity contribution in [1.82, 2.24) is 10.2 Å². The van der Waals surface area contributed by atoms with Crippen molar-refractivity contribution in [2.24, 2.45) is 5.92 Å². The molecule has 5 heteroatoms. The lowest BCUT2D eigenvalue weighted by atomic mass is 9.87. The maximum Gasteiger partial charge on any atom is 0.305 e. The summed E-state index contributed by atoms with van der Waals surface area (Å²) in [5.74, 6) is -0.258. The molecule has 1 saturated carbocycles. The first-order valence-electron chi connectivity index (χ1n) is 7.40. The van der Waals surface area contributed by atoms with Gasteiger partial charge >= 0.3 is 5.97 Å². The van der Waals surface area contributed by atoms with E-state index in [9.17, 15) is 9.59 Å². The van der Waals surface area contributed by atoms with Gasteiger partial charge in [0.1, 0.15) is 0 Å². The molecule has 108 valence electrons. The number of aliphatic carboxylic acids is 1. The summed E-state index contributed by atoms with van der Waals surface area (Å²) in [7, 11) is 0. The van der Waals surface area contributed by atoms with Gasteiger partial charge in [-0.2, -0.15) is 0 Å². The van der Waals surface area contributed by atoms with Crippen molar-refractivity contribution >= 4 is 11.9 Å². The highest BCUT2D eigenvalue weighted by molar-refractivity contribution is 5.86. The molecular weight excluding hydrogens is 244 g/mol. The van der Waals surface area contributed by atoms with Crippen LogP contribution < -0.4 is 5.32 Å². The summed E-state index contributed by atoms with van der Waals surface area (Å²) >= 11 is 0. The fraction of sp³-hybridized carbons (Fsp3) is 0.857. The topological polar surface area (TPSA) is 69.6 Å². The van der Waals surface area contributed by atoms with Crippen LogP contribution in [0.1, 0.15) is 44.9 Å². The number of rotatable bonds is 5. The number of amides is 1. The van der Waals surface area contributed by atoms with Crippen LogP contribution in [0.25, 0.3) is 0 Å². The summed E-state index contributed by atoms with van der Waals surface area (Å²) in [6.07, 6.45) is 7.60. The van der Waals surface area contributed by atoms with E-state index in [4.69, 9.17) is 5.11 Å². The summed E-state index contributed by atoms with van der Waals surface area (Å²) in [6, 6.07) is -0.477. The zero-order valence-corrected chi connectivity index (χ0v) is 11.4. The van der Waals surface area contributed by atoms with E-state index < -0.39 is 12.0 Å². The Morgan fingerprint density at radius 3 is 2.74 bits per heavy atom. The van der Waals surface area contributed by atoms with E-state index in [2.05, 4.69) is 10.2 Å². The van der Waals surface area contributed by atoms with E-state index in [1.54, 1.807) is 0 Å². The number of piperazine rings is 1. The maximum atomic E-state index is 11.8. The van der Waals surface area contributed by atoms with Gasteiger partial charge in [-0.05, 0) is 18.9 Å². The number of hydrogen-bond donors (Lipinski definition) is 2. The van der Waals surface area contributed by atoms with Crippen LogP contribution in [0.5, 0.6) is 0 Å². The summed E-state index contributed by atoms with van der Waals surface area (Å²) in [6.45, 7) is 2.27. The molecule has 1 unspecified atom stereocenters. The standard InChI is InChI=1S/C14H24N2O3/c17-13(18)10-12-14(19)15-7-9-16(12)8-6-11-4-2-1-3-5-11/h11-12H,1-10H2,(H,15,19)(H,17,18). The third-order valence-corrected chi connectivity index (χ3v) is 4.36. The Morgan fingerprint density at radius 2 is 2.05 bits per heavy atom. The first kappa shape index (κ1) is 14.3. The molecule has 0 aromatic heterocycles. The average Bonchev–Trinajstić information content (AvgIpc) is 2.40. The van der Waals surface area contributed by atoms with Crippen LogP contribution in [0.3, 0.4) is 0 Å². The number of carbonyl (C=O) groups excluding carboxylic acids is 1. The normalized spacial score (nSPS) is 26.1. The number of hydrogen-bond acceptors (Lipinski definition) is 3. The summed E-state index contributed by atoms with van der Waals surface area (Å²) in [5.41, 5.74) is 0. The lowest BCUT2D eigenvalue weighted by Gasteiger charge is -2.35. The van der Waals surface area contributed by atoms with Gasteiger partial charge in [-0.15, -0.1) is 0 Å². The van der Waals surface area contributed by atoms with Crippen molar-refractivity contribution in [2.75, 3.05) is 19.6 Å². The minimum absolute atomic E-state index is 0.0868. The van der Waals surface area contributed by atoms with Gasteiger partial charge in [0.15, 0.2) is 0 Å². The second kappa shape index (κ2) is 6.89. The first-order chi connectivity index (χ1) is 9.16. The molecule has 0 bridgehead atoms. The van der Waals surface area contributed by atoms with Gasteiger partial charge in [0.2, 0.25) is 5.91 Å². The molecule has 1 aliphatic carbocycles. The molecule has 5 nitrogen and oxygen atoms in total. The van der Waals surface area contributed by atoms with E-state index in [1.807, 2.05) is 0 Å². The summed E-state index contributed by atoms with van der Waals surface area (Å²) in [5, 5.41) is 11.7. The van der Waals surface area contributed by atoms with Crippen LogP contribution >= 0.6 is 0 Å². The molecular formula is C14H24N2O3. The molecule has 1 atom stereocenters. The molecule has 1 amide bonds. The van der Waals surface area contributed by atoms with Gasteiger partial charge in [-0.3, -0.25) is 14.5 Å². The molecule has 1 heterocycles. The molecule has 2 N–H and O–H groups in total. The van der Waals surface area contributed by atoms with Crippen LogP contribution in [0, 0.1) is 5.92 Å². The van der Waals surface area contributed by atoms with Gasteiger partial charge < -0.3 is 10.4 Å². The minimum atomic E-state index is -0.898. The fourth-order valence-electron chi connectivity index (χ4n) is 3.24. The largest absolute Gasteiger partial charge is 0.481 e. The van der Waals surface area contributed by atoms with Gasteiger partial charge in [0.25, 0.3) is 0 Å². The average molecular weight is 268 g/mol. The van der Waals surface area contributed by atoms with Crippen molar-refractivity contribution in [3.8, 4) is 0 Å². The highest BCUT2D eigenvalue weighted by Gasteiger charge is 2.31. The maximum absolute atomic E-state index is 11.8. The van der Waals surface area contributed by atoms with E-state index in [-0.39, 0.29) is 12.3 Å². The van der Waals surface area contributed by atoms with Gasteiger partial charge in [0.05, 0.1) is 12.5 Å². The SMILES string of the molecule is O=C(O)CC1C(=O)NCCN1CCC1CCCCC1. The molecule has 2 fully saturated rings. The second-order valence-electron chi connectivity index (χ2n) is 5.73. The summed E-state index contributed by atoms with van der Waals surface area (Å²) < 4.78 is 0. The Balaban J connectivity index is 1.84. The number of nitrogens with one attached hydrogen (secondary N) is 1. The van der Waals surface area contributed by atoms with Crippen molar-refractivity contribution in [2.45, 2.75) is 51.0 Å². The molecule has 2 aliphatic rings. The Hall–Kier alpha value is -1.10. The predicted molar refractivity (Wildman–Crippen MR) is 71.8 cm³/mol. The highest BCUT2D eigenvalue weighted by atomic mass is 16.4. The predicted octanol–water partition coefficient (Wildman–Crippen LogP) is 1.23. The Bertz CT molecular complexity index is 327. The molecule has 0 spiro atoms. The fourth-order valence-corrected chi connectivity index (χ4v) is 3.24. The van der Waals surface area contributed by atoms with E-state index >= 15 is 0 Å². The zero-order chi connectivity index (χ0) is 13.7. The number of carboxylic acids is 1. The Labute approximate surface area is 114 Å². The smallest absolute Gasteiger partial charge is 0.305 e. The van der Waals surface area contributed by atoms with Gasteiger partial charge in [-0.1, -0.05) is 32.1 Å². The molecule has 2 rings (SSSR count). The minimum Gasteiger partial charge on any atom is -0.481 e. The molecule has 1 saturated heterocycles. The summed E-state index contributed by atoms with van der Waals surface area (Å²) in [4.78, 5) is 24.7. The van der Waals surface area contributed by atoms with Crippen LogP contribution in [-0.4, -0.2) is 47.6 Å². The number of carbonyl (C=O) groups is 2. The van der Waals surface area contributed by atoms with E-state index in [0.29, 0.717) is 6.54 Å².